The maximum absolute atomic E-state index is 12.2. The molecule has 0 radical (unpaired) electrons. The highest BCUT2D eigenvalue weighted by Gasteiger charge is 2.34. The molecule has 0 saturated carbocycles. The van der Waals surface area contributed by atoms with Crippen LogP contribution in [0.4, 0.5) is 0 Å². The van der Waals surface area contributed by atoms with Gasteiger partial charge in [0.1, 0.15) is 4.90 Å². The SMILES string of the molecule is CC(N)CCNC(=O)C1CCN(C2=NS(=O)(=O)c3ccccc32)CC1.Cl. The van der Waals surface area contributed by atoms with E-state index in [0.717, 1.165) is 6.42 Å². The van der Waals surface area contributed by atoms with Crippen LogP contribution >= 0.6 is 12.4 Å². The summed E-state index contributed by atoms with van der Waals surface area (Å²) in [6.45, 7) is 3.75. The Balaban J connectivity index is 0.00000243. The summed E-state index contributed by atoms with van der Waals surface area (Å²) >= 11 is 0. The van der Waals surface area contributed by atoms with Crippen molar-refractivity contribution in [2.75, 3.05) is 19.6 Å². The number of nitrogens with one attached hydrogen (secondary N) is 1. The van der Waals surface area contributed by atoms with Crippen LogP contribution in [-0.2, 0) is 14.8 Å². The minimum atomic E-state index is -3.60. The Morgan fingerprint density at radius 1 is 1.35 bits per heavy atom. The summed E-state index contributed by atoms with van der Waals surface area (Å²) in [5.41, 5.74) is 6.34. The highest BCUT2D eigenvalue weighted by Crippen LogP contribution is 2.29. The highest BCUT2D eigenvalue weighted by molar-refractivity contribution is 7.90. The standard InChI is InChI=1S/C17H24N4O3S.ClH/c1-12(18)6-9-19-17(22)13-7-10-21(11-8-13)16-14-4-2-3-5-15(14)25(23,24)20-16;/h2-5,12-13H,6-11,18H2,1H3,(H,19,22);1H. The van der Waals surface area contributed by atoms with Gasteiger partial charge in [0, 0.05) is 37.2 Å². The number of nitrogens with zero attached hydrogens (tertiary/aromatic N) is 2. The number of carbonyl (C=O) groups excluding carboxylic acids is 1. The second-order valence-electron chi connectivity index (χ2n) is 6.70. The van der Waals surface area contributed by atoms with Gasteiger partial charge < -0.3 is 16.0 Å². The Labute approximate surface area is 160 Å². The first kappa shape index (κ1) is 20.7. The molecule has 1 aromatic carbocycles. The number of halogens is 1. The Kier molecular flexibility index (Phi) is 6.65. The van der Waals surface area contributed by atoms with E-state index in [0.29, 0.717) is 43.9 Å². The normalized spacial score (nSPS) is 19.9. The Bertz CT molecular complexity index is 787. The first-order valence-electron chi connectivity index (χ1n) is 8.61. The van der Waals surface area contributed by atoms with E-state index in [4.69, 9.17) is 5.73 Å². The van der Waals surface area contributed by atoms with Crippen molar-refractivity contribution in [3.63, 3.8) is 0 Å². The fourth-order valence-electron chi connectivity index (χ4n) is 3.24. The van der Waals surface area contributed by atoms with Crippen LogP contribution in [0.3, 0.4) is 0 Å². The van der Waals surface area contributed by atoms with Gasteiger partial charge >= 0.3 is 0 Å². The molecule has 0 aromatic heterocycles. The van der Waals surface area contributed by atoms with E-state index in [1.54, 1.807) is 18.2 Å². The number of likely N-dealkylation sites (tertiary alicyclic amines) is 1. The molecule has 0 bridgehead atoms. The zero-order chi connectivity index (χ0) is 18.0. The van der Waals surface area contributed by atoms with Crippen LogP contribution in [0.1, 0.15) is 31.7 Å². The summed E-state index contributed by atoms with van der Waals surface area (Å²) < 4.78 is 28.3. The first-order valence-corrected chi connectivity index (χ1v) is 10.0. The van der Waals surface area contributed by atoms with Gasteiger partial charge in [0.2, 0.25) is 5.91 Å². The number of hydrogen-bond acceptors (Lipinski definition) is 5. The molecule has 1 amide bonds. The number of piperidine rings is 1. The monoisotopic (exact) mass is 400 g/mol. The molecule has 1 atom stereocenters. The topological polar surface area (TPSA) is 105 Å². The van der Waals surface area contributed by atoms with E-state index in [2.05, 4.69) is 9.71 Å². The summed E-state index contributed by atoms with van der Waals surface area (Å²) in [6.07, 6.45) is 2.13. The van der Waals surface area contributed by atoms with Gasteiger partial charge in [-0.3, -0.25) is 4.79 Å². The summed E-state index contributed by atoms with van der Waals surface area (Å²) in [4.78, 5) is 14.4. The summed E-state index contributed by atoms with van der Waals surface area (Å²) in [5, 5.41) is 2.93. The van der Waals surface area contributed by atoms with Crippen molar-refractivity contribution >= 4 is 34.2 Å². The van der Waals surface area contributed by atoms with Gasteiger partial charge in [-0.1, -0.05) is 12.1 Å². The van der Waals surface area contributed by atoms with Crippen LogP contribution in [-0.4, -0.2) is 50.7 Å². The molecule has 2 heterocycles. The lowest BCUT2D eigenvalue weighted by atomic mass is 9.95. The summed E-state index contributed by atoms with van der Waals surface area (Å²) in [6, 6.07) is 6.96. The average Bonchev–Trinajstić information content (AvgIpc) is 2.86. The van der Waals surface area contributed by atoms with Crippen LogP contribution in [0.25, 0.3) is 0 Å². The summed E-state index contributed by atoms with van der Waals surface area (Å²) in [5.74, 6) is 0.520. The maximum atomic E-state index is 12.2. The van der Waals surface area contributed by atoms with E-state index in [9.17, 15) is 13.2 Å². The summed E-state index contributed by atoms with van der Waals surface area (Å²) in [7, 11) is -3.60. The van der Waals surface area contributed by atoms with E-state index in [1.165, 1.54) is 0 Å². The molecule has 1 fully saturated rings. The number of hydrogen-bond donors (Lipinski definition) is 2. The van der Waals surface area contributed by atoms with E-state index >= 15 is 0 Å². The molecule has 2 aliphatic rings. The van der Waals surface area contributed by atoms with E-state index in [1.807, 2.05) is 17.9 Å². The predicted molar refractivity (Wildman–Crippen MR) is 103 cm³/mol. The number of fused-ring (bicyclic) bond motifs is 1. The predicted octanol–water partition coefficient (Wildman–Crippen LogP) is 1.12. The zero-order valence-electron chi connectivity index (χ0n) is 14.7. The number of rotatable bonds is 4. The third-order valence-electron chi connectivity index (χ3n) is 4.68. The molecule has 144 valence electrons. The quantitative estimate of drug-likeness (QED) is 0.788. The van der Waals surface area contributed by atoms with Gasteiger partial charge in [-0.15, -0.1) is 16.8 Å². The fourth-order valence-corrected chi connectivity index (χ4v) is 4.47. The van der Waals surface area contributed by atoms with E-state index in [-0.39, 0.29) is 35.2 Å². The number of nitrogens with two attached hydrogens (primary N) is 1. The van der Waals surface area contributed by atoms with Crippen molar-refractivity contribution in [1.29, 1.82) is 0 Å². The van der Waals surface area contributed by atoms with Gasteiger partial charge in [-0.25, -0.2) is 0 Å². The molecule has 1 saturated heterocycles. The third-order valence-corrected chi connectivity index (χ3v) is 6.00. The van der Waals surface area contributed by atoms with Gasteiger partial charge in [0.15, 0.2) is 5.84 Å². The van der Waals surface area contributed by atoms with Crippen molar-refractivity contribution in [2.45, 2.75) is 37.1 Å². The second kappa shape index (κ2) is 8.37. The van der Waals surface area contributed by atoms with Crippen molar-refractivity contribution in [1.82, 2.24) is 10.2 Å². The van der Waals surface area contributed by atoms with Gasteiger partial charge in [-0.2, -0.15) is 8.42 Å². The molecule has 1 aromatic rings. The van der Waals surface area contributed by atoms with Gasteiger partial charge in [0.25, 0.3) is 10.0 Å². The molecule has 2 aliphatic heterocycles. The second-order valence-corrected chi connectivity index (χ2v) is 8.28. The number of sulfonamides is 1. The Hall–Kier alpha value is -1.64. The lowest BCUT2D eigenvalue weighted by molar-refractivity contribution is -0.126. The van der Waals surface area contributed by atoms with Crippen LogP contribution in [0.2, 0.25) is 0 Å². The minimum Gasteiger partial charge on any atom is -0.356 e. The van der Waals surface area contributed by atoms with Crippen molar-refractivity contribution < 1.29 is 13.2 Å². The lowest BCUT2D eigenvalue weighted by Gasteiger charge is -2.32. The lowest BCUT2D eigenvalue weighted by Crippen LogP contribution is -2.43. The molecule has 1 unspecified atom stereocenters. The molecule has 3 N–H and O–H groups in total. The van der Waals surface area contributed by atoms with E-state index < -0.39 is 10.0 Å². The average molecular weight is 401 g/mol. The minimum absolute atomic E-state index is 0. The van der Waals surface area contributed by atoms with Crippen molar-refractivity contribution in [3.8, 4) is 0 Å². The molecule has 3 rings (SSSR count). The van der Waals surface area contributed by atoms with Crippen LogP contribution < -0.4 is 11.1 Å². The van der Waals surface area contributed by atoms with Gasteiger partial charge in [-0.05, 0) is 38.3 Å². The van der Waals surface area contributed by atoms with Crippen LogP contribution in [0.5, 0.6) is 0 Å². The largest absolute Gasteiger partial charge is 0.356 e. The highest BCUT2D eigenvalue weighted by atomic mass is 35.5. The van der Waals surface area contributed by atoms with Crippen LogP contribution in [0.15, 0.2) is 33.6 Å². The first-order chi connectivity index (χ1) is 11.9. The number of carbonyl (C=O) groups is 1. The molecule has 7 nitrogen and oxygen atoms in total. The Morgan fingerprint density at radius 2 is 2.00 bits per heavy atom. The molecule has 26 heavy (non-hydrogen) atoms. The molecular formula is C17H25ClN4O3S. The fraction of sp³-hybridized carbons (Fsp3) is 0.529. The molecular weight excluding hydrogens is 376 g/mol. The maximum Gasteiger partial charge on any atom is 0.285 e. The van der Waals surface area contributed by atoms with Crippen molar-refractivity contribution in [2.24, 2.45) is 16.0 Å². The molecule has 0 aliphatic carbocycles. The van der Waals surface area contributed by atoms with Gasteiger partial charge in [0.05, 0.1) is 0 Å². The number of amidine groups is 1. The van der Waals surface area contributed by atoms with Crippen molar-refractivity contribution in [3.05, 3.63) is 29.8 Å². The zero-order valence-corrected chi connectivity index (χ0v) is 16.4. The third kappa shape index (κ3) is 4.36. The molecule has 9 heteroatoms. The van der Waals surface area contributed by atoms with Crippen LogP contribution in [0, 0.1) is 5.92 Å². The Morgan fingerprint density at radius 3 is 2.65 bits per heavy atom. The smallest absolute Gasteiger partial charge is 0.285 e. The molecule has 0 spiro atoms. The number of amides is 1. The number of benzene rings is 1.